The minimum atomic E-state index is -1.06. The van der Waals surface area contributed by atoms with Crippen LogP contribution in [0.2, 0.25) is 0 Å². The smallest absolute Gasteiger partial charge is 0.322 e. The predicted octanol–water partition coefficient (Wildman–Crippen LogP) is 6.70. The van der Waals surface area contributed by atoms with Crippen LogP contribution in [-0.2, 0) is 23.9 Å². The number of rotatable bonds is 8. The zero-order chi connectivity index (χ0) is 32.5. The second kappa shape index (κ2) is 11.3. The highest BCUT2D eigenvalue weighted by Gasteiger charge is 2.72. The van der Waals surface area contributed by atoms with Crippen molar-refractivity contribution in [3.8, 4) is 0 Å². The van der Waals surface area contributed by atoms with Crippen molar-refractivity contribution in [1.29, 1.82) is 0 Å². The van der Waals surface area contributed by atoms with E-state index in [0.29, 0.717) is 37.5 Å². The van der Waals surface area contributed by atoms with Gasteiger partial charge in [0.1, 0.15) is 12.6 Å². The summed E-state index contributed by atoms with van der Waals surface area (Å²) in [7, 11) is 0. The summed E-state index contributed by atoms with van der Waals surface area (Å²) in [6.07, 6.45) is 10.2. The Kier molecular flexibility index (Phi) is 8.53. The van der Waals surface area contributed by atoms with Crippen molar-refractivity contribution in [2.24, 2.45) is 62.6 Å². The Morgan fingerprint density at radius 3 is 2.18 bits per heavy atom. The lowest BCUT2D eigenvalue weighted by Gasteiger charge is -2.73. The molecule has 248 valence electrons. The van der Waals surface area contributed by atoms with E-state index in [4.69, 9.17) is 4.74 Å². The normalized spacial score (nSPS) is 44.6. The standard InChI is InChI=1S/C36H57NO7/c1-8-9-28(40)44-26-14-15-33(5)24(32(26,3)4)13-16-35(7)25(33)11-10-23-29-22(21(2)30(41)42)12-17-36(29,19-18-34(23,35)6)31(43)37-20-27(38)39/h21-26,29H,8-20H2,1-7H3,(H,37,43)(H,38,39)(H,41,42)/t21-,22+,23-,24+,25-,26-,29-,33+,34-,35-,36+/m1/s1. The Morgan fingerprint density at radius 1 is 0.841 bits per heavy atom. The van der Waals surface area contributed by atoms with Crippen LogP contribution in [0.4, 0.5) is 0 Å². The van der Waals surface area contributed by atoms with Gasteiger partial charge in [-0.15, -0.1) is 0 Å². The first kappa shape index (κ1) is 33.2. The molecule has 5 aliphatic rings. The number of aliphatic carboxylic acids is 2. The zero-order valence-electron chi connectivity index (χ0n) is 28.2. The fourth-order valence-electron chi connectivity index (χ4n) is 12.7. The van der Waals surface area contributed by atoms with E-state index in [1.54, 1.807) is 6.92 Å². The van der Waals surface area contributed by atoms with Crippen LogP contribution in [0.3, 0.4) is 0 Å². The molecular weight excluding hydrogens is 558 g/mol. The maximum absolute atomic E-state index is 13.9. The number of hydrogen-bond donors (Lipinski definition) is 3. The molecule has 3 N–H and O–H groups in total. The molecule has 0 spiro atoms. The lowest BCUT2D eigenvalue weighted by atomic mass is 9.32. The average Bonchev–Trinajstić information content (AvgIpc) is 3.34. The van der Waals surface area contributed by atoms with Gasteiger partial charge in [0.15, 0.2) is 0 Å². The lowest BCUT2D eigenvalue weighted by Crippen LogP contribution is -2.67. The number of carboxylic acid groups (broad SMARTS) is 2. The molecule has 8 heteroatoms. The maximum Gasteiger partial charge on any atom is 0.322 e. The number of ether oxygens (including phenoxy) is 1. The molecule has 0 aromatic rings. The van der Waals surface area contributed by atoms with Crippen LogP contribution in [-0.4, -0.2) is 46.7 Å². The summed E-state index contributed by atoms with van der Waals surface area (Å²) in [4.78, 5) is 50.2. The summed E-state index contributed by atoms with van der Waals surface area (Å²) >= 11 is 0. The van der Waals surface area contributed by atoms with E-state index in [0.717, 1.165) is 51.4 Å². The first-order valence-electron chi connectivity index (χ1n) is 17.4. The molecule has 5 saturated carbocycles. The number of carboxylic acids is 2. The molecule has 0 aromatic carbocycles. The van der Waals surface area contributed by atoms with Crippen LogP contribution in [0.25, 0.3) is 0 Å². The van der Waals surface area contributed by atoms with Crippen molar-refractivity contribution < 1.29 is 34.1 Å². The van der Waals surface area contributed by atoms with Crippen LogP contribution in [0.1, 0.15) is 126 Å². The second-order valence-corrected chi connectivity index (χ2v) is 16.8. The first-order valence-corrected chi connectivity index (χ1v) is 17.4. The highest BCUT2D eigenvalue weighted by atomic mass is 16.5. The minimum absolute atomic E-state index is 0.0340. The van der Waals surface area contributed by atoms with Gasteiger partial charge in [-0.3, -0.25) is 19.2 Å². The Bertz CT molecular complexity index is 1180. The molecule has 11 atom stereocenters. The van der Waals surface area contributed by atoms with Crippen LogP contribution >= 0.6 is 0 Å². The van der Waals surface area contributed by atoms with E-state index in [2.05, 4.69) is 39.9 Å². The van der Waals surface area contributed by atoms with E-state index < -0.39 is 29.8 Å². The van der Waals surface area contributed by atoms with Crippen molar-refractivity contribution in [3.63, 3.8) is 0 Å². The van der Waals surface area contributed by atoms with Gasteiger partial charge in [-0.25, -0.2) is 0 Å². The number of amides is 1. The number of fused-ring (bicyclic) bond motifs is 7. The minimum Gasteiger partial charge on any atom is -0.481 e. The Balaban J connectivity index is 1.48. The Morgan fingerprint density at radius 2 is 1.55 bits per heavy atom. The van der Waals surface area contributed by atoms with Crippen molar-refractivity contribution >= 4 is 23.8 Å². The van der Waals surface area contributed by atoms with Crippen molar-refractivity contribution in [3.05, 3.63) is 0 Å². The van der Waals surface area contributed by atoms with Gasteiger partial charge in [0.2, 0.25) is 5.91 Å². The molecule has 0 saturated heterocycles. The summed E-state index contributed by atoms with van der Waals surface area (Å²) in [6.45, 7) is 15.5. The van der Waals surface area contributed by atoms with Crippen LogP contribution in [0.15, 0.2) is 0 Å². The highest BCUT2D eigenvalue weighted by Crippen LogP contribution is 2.77. The maximum atomic E-state index is 13.9. The molecule has 8 nitrogen and oxygen atoms in total. The predicted molar refractivity (Wildman–Crippen MR) is 166 cm³/mol. The highest BCUT2D eigenvalue weighted by molar-refractivity contribution is 5.87. The van der Waals surface area contributed by atoms with Gasteiger partial charge in [-0.05, 0) is 116 Å². The van der Waals surface area contributed by atoms with Gasteiger partial charge < -0.3 is 20.3 Å². The monoisotopic (exact) mass is 615 g/mol. The second-order valence-electron chi connectivity index (χ2n) is 16.8. The largest absolute Gasteiger partial charge is 0.481 e. The van der Waals surface area contributed by atoms with Crippen LogP contribution < -0.4 is 5.32 Å². The molecule has 0 bridgehead atoms. The summed E-state index contributed by atoms with van der Waals surface area (Å²) < 4.78 is 6.12. The van der Waals surface area contributed by atoms with Crippen molar-refractivity contribution in [1.82, 2.24) is 5.32 Å². The van der Waals surface area contributed by atoms with E-state index in [-0.39, 0.29) is 57.4 Å². The summed E-state index contributed by atoms with van der Waals surface area (Å²) in [6, 6.07) is 0. The van der Waals surface area contributed by atoms with Crippen molar-refractivity contribution in [2.75, 3.05) is 6.54 Å². The SMILES string of the molecule is CCCC(=O)O[C@@H]1CC[C@]2(C)[C@H]3CC[C@@H]4[C@H]5[C@H]([C@@H](C)C(=O)O)CC[C@]5(C(=O)NCC(=O)O)CC[C@@]4(C)[C@]3(C)CC[C@H]2C1(C)C. The fourth-order valence-corrected chi connectivity index (χ4v) is 12.7. The molecule has 44 heavy (non-hydrogen) atoms. The molecule has 0 aliphatic heterocycles. The Labute approximate surface area is 263 Å². The van der Waals surface area contributed by atoms with E-state index in [1.165, 1.54) is 0 Å². The van der Waals surface area contributed by atoms with E-state index >= 15 is 0 Å². The average molecular weight is 616 g/mol. The third-order valence-corrected chi connectivity index (χ3v) is 15.0. The van der Waals surface area contributed by atoms with Gasteiger partial charge in [-0.1, -0.05) is 48.5 Å². The summed E-state index contributed by atoms with van der Waals surface area (Å²) in [5.41, 5.74) is -0.741. The van der Waals surface area contributed by atoms with Crippen LogP contribution in [0, 0.1) is 62.6 Å². The van der Waals surface area contributed by atoms with Gasteiger partial charge in [0.05, 0.1) is 11.3 Å². The number of hydrogen-bond acceptors (Lipinski definition) is 5. The number of carbonyl (C=O) groups excluding carboxylic acids is 2. The molecular formula is C36H57NO7. The summed E-state index contributed by atoms with van der Waals surface area (Å²) in [5.74, 6) is -1.73. The number of carbonyl (C=O) groups is 4. The molecule has 5 fully saturated rings. The molecule has 0 radical (unpaired) electrons. The fraction of sp³-hybridized carbons (Fsp3) is 0.889. The summed E-state index contributed by atoms with van der Waals surface area (Å²) in [5, 5.41) is 22.2. The van der Waals surface area contributed by atoms with Gasteiger partial charge in [0.25, 0.3) is 0 Å². The van der Waals surface area contributed by atoms with Gasteiger partial charge in [0, 0.05) is 11.8 Å². The van der Waals surface area contributed by atoms with E-state index in [9.17, 15) is 29.4 Å². The molecule has 5 rings (SSSR count). The molecule has 0 aromatic heterocycles. The van der Waals surface area contributed by atoms with Crippen molar-refractivity contribution in [2.45, 2.75) is 132 Å². The van der Waals surface area contributed by atoms with Crippen LogP contribution in [0.5, 0.6) is 0 Å². The van der Waals surface area contributed by atoms with Gasteiger partial charge in [-0.2, -0.15) is 0 Å². The third-order valence-electron chi connectivity index (χ3n) is 15.0. The first-order chi connectivity index (χ1) is 20.5. The van der Waals surface area contributed by atoms with E-state index in [1.807, 2.05) is 6.92 Å². The Hall–Kier alpha value is -2.12. The zero-order valence-corrected chi connectivity index (χ0v) is 28.2. The van der Waals surface area contributed by atoms with Gasteiger partial charge >= 0.3 is 17.9 Å². The number of nitrogens with one attached hydrogen (secondary N) is 1. The molecule has 5 aliphatic carbocycles. The topological polar surface area (TPSA) is 130 Å². The quantitative estimate of drug-likeness (QED) is 0.259. The number of esters is 1. The third kappa shape index (κ3) is 4.73. The molecule has 0 unspecified atom stereocenters. The lowest BCUT2D eigenvalue weighted by molar-refractivity contribution is -0.250. The molecule has 0 heterocycles. The molecule has 1 amide bonds.